The van der Waals surface area contributed by atoms with Crippen LogP contribution in [-0.2, 0) is 4.79 Å². The standard InChI is InChI=1S/C21H27NO2/c1-6-17(2)16-21(22(4)5,14-12-18(3)20(23)24)15-13-19-10-8-7-9-11-19/h6-13,15-16H,1,14H2,2-5H3,(H,23,24). The molecule has 1 rings (SSSR count). The number of likely N-dealkylation sites (N-methyl/N-ethyl adjacent to an activating group) is 1. The monoisotopic (exact) mass is 325 g/mol. The number of benzene rings is 1. The Bertz CT molecular complexity index is 654. The van der Waals surface area contributed by atoms with Gasteiger partial charge in [0.1, 0.15) is 0 Å². The van der Waals surface area contributed by atoms with Gasteiger partial charge in [0.25, 0.3) is 0 Å². The van der Waals surface area contributed by atoms with Crippen molar-refractivity contribution in [1.82, 2.24) is 4.90 Å². The Morgan fingerprint density at radius 1 is 1.25 bits per heavy atom. The smallest absolute Gasteiger partial charge is 0.330 e. The maximum absolute atomic E-state index is 11.1. The topological polar surface area (TPSA) is 40.5 Å². The van der Waals surface area contributed by atoms with Gasteiger partial charge < -0.3 is 5.11 Å². The van der Waals surface area contributed by atoms with Crippen LogP contribution in [0.3, 0.4) is 0 Å². The van der Waals surface area contributed by atoms with E-state index in [-0.39, 0.29) is 0 Å². The number of hydrogen-bond acceptors (Lipinski definition) is 2. The summed E-state index contributed by atoms with van der Waals surface area (Å²) >= 11 is 0. The van der Waals surface area contributed by atoms with Crippen LogP contribution in [0.1, 0.15) is 25.8 Å². The third-order valence-electron chi connectivity index (χ3n) is 4.07. The SMILES string of the molecule is C=CC(C)=CC(C=Cc1ccccc1)(CC=C(C)C(=O)O)N(C)C. The van der Waals surface area contributed by atoms with E-state index >= 15 is 0 Å². The first-order chi connectivity index (χ1) is 11.3. The van der Waals surface area contributed by atoms with Gasteiger partial charge in [0.15, 0.2) is 0 Å². The van der Waals surface area contributed by atoms with Gasteiger partial charge in [-0.1, -0.05) is 72.9 Å². The zero-order valence-corrected chi connectivity index (χ0v) is 15.0. The highest BCUT2D eigenvalue weighted by molar-refractivity contribution is 5.85. The Labute approximate surface area is 145 Å². The Hall–Kier alpha value is -2.39. The van der Waals surface area contributed by atoms with Gasteiger partial charge in [-0.25, -0.2) is 4.79 Å². The molecule has 0 aromatic heterocycles. The molecular formula is C21H27NO2. The summed E-state index contributed by atoms with van der Waals surface area (Å²) in [6.45, 7) is 7.44. The molecule has 0 amide bonds. The van der Waals surface area contributed by atoms with Crippen LogP contribution in [0.15, 0.2) is 72.4 Å². The van der Waals surface area contributed by atoms with Gasteiger partial charge in [-0.3, -0.25) is 4.90 Å². The first-order valence-corrected chi connectivity index (χ1v) is 7.94. The number of aliphatic carboxylic acids is 1. The second kappa shape index (κ2) is 9.04. The molecule has 3 heteroatoms. The lowest BCUT2D eigenvalue weighted by molar-refractivity contribution is -0.132. The largest absolute Gasteiger partial charge is 0.478 e. The summed E-state index contributed by atoms with van der Waals surface area (Å²) in [5.74, 6) is -0.890. The molecule has 0 radical (unpaired) electrons. The summed E-state index contributed by atoms with van der Waals surface area (Å²) in [5, 5.41) is 9.12. The van der Waals surface area contributed by atoms with Crippen molar-refractivity contribution in [3.63, 3.8) is 0 Å². The minimum Gasteiger partial charge on any atom is -0.478 e. The van der Waals surface area contributed by atoms with E-state index in [1.165, 1.54) is 0 Å². The minimum absolute atomic E-state index is 0.346. The van der Waals surface area contributed by atoms with E-state index in [0.29, 0.717) is 12.0 Å². The van der Waals surface area contributed by atoms with E-state index in [1.807, 2.05) is 57.4 Å². The number of nitrogens with zero attached hydrogens (tertiary/aromatic N) is 1. The van der Waals surface area contributed by atoms with Crippen molar-refractivity contribution in [3.05, 3.63) is 77.9 Å². The molecule has 0 aliphatic rings. The van der Waals surface area contributed by atoms with E-state index in [9.17, 15) is 4.79 Å². The Morgan fingerprint density at radius 2 is 1.88 bits per heavy atom. The molecule has 128 valence electrons. The highest BCUT2D eigenvalue weighted by atomic mass is 16.4. The molecule has 0 saturated heterocycles. The molecule has 0 aliphatic heterocycles. The normalized spacial score (nSPS) is 15.5. The van der Waals surface area contributed by atoms with Crippen molar-refractivity contribution < 1.29 is 9.90 Å². The molecule has 1 unspecified atom stereocenters. The van der Waals surface area contributed by atoms with Crippen molar-refractivity contribution in [1.29, 1.82) is 0 Å². The number of carboxylic acid groups (broad SMARTS) is 1. The first kappa shape index (κ1) is 19.7. The van der Waals surface area contributed by atoms with Gasteiger partial charge in [0, 0.05) is 5.57 Å². The first-order valence-electron chi connectivity index (χ1n) is 7.94. The Balaban J connectivity index is 3.31. The lowest BCUT2D eigenvalue weighted by Crippen LogP contribution is -2.40. The molecule has 0 aliphatic carbocycles. The van der Waals surface area contributed by atoms with Crippen LogP contribution in [0, 0.1) is 0 Å². The Morgan fingerprint density at radius 3 is 2.38 bits per heavy atom. The highest BCUT2D eigenvalue weighted by Gasteiger charge is 2.26. The van der Waals surface area contributed by atoms with Crippen LogP contribution in [0.2, 0.25) is 0 Å². The third kappa shape index (κ3) is 5.67. The number of allylic oxidation sites excluding steroid dienone is 2. The molecule has 0 bridgehead atoms. The molecule has 24 heavy (non-hydrogen) atoms. The quantitative estimate of drug-likeness (QED) is 0.563. The van der Waals surface area contributed by atoms with Crippen molar-refractivity contribution in [2.45, 2.75) is 25.8 Å². The van der Waals surface area contributed by atoms with Crippen LogP contribution in [0.4, 0.5) is 0 Å². The summed E-state index contributed by atoms with van der Waals surface area (Å²) in [6.07, 6.45) is 10.4. The number of hydrogen-bond donors (Lipinski definition) is 1. The second-order valence-corrected chi connectivity index (χ2v) is 6.12. The number of carbonyl (C=O) groups is 1. The molecule has 3 nitrogen and oxygen atoms in total. The predicted molar refractivity (Wildman–Crippen MR) is 102 cm³/mol. The van der Waals surface area contributed by atoms with E-state index in [2.05, 4.69) is 29.7 Å². The van der Waals surface area contributed by atoms with Crippen molar-refractivity contribution >= 4 is 12.0 Å². The molecule has 1 N–H and O–H groups in total. The molecule has 0 spiro atoms. The maximum Gasteiger partial charge on any atom is 0.330 e. The van der Waals surface area contributed by atoms with Gasteiger partial charge in [0.2, 0.25) is 0 Å². The van der Waals surface area contributed by atoms with Gasteiger partial charge in [-0.05, 0) is 39.9 Å². The average molecular weight is 325 g/mol. The van der Waals surface area contributed by atoms with E-state index in [0.717, 1.165) is 11.1 Å². The molecule has 1 aromatic carbocycles. The fraction of sp³-hybridized carbons (Fsp3) is 0.286. The minimum atomic E-state index is -0.890. The second-order valence-electron chi connectivity index (χ2n) is 6.12. The van der Waals surface area contributed by atoms with Crippen molar-refractivity contribution in [3.8, 4) is 0 Å². The zero-order valence-electron chi connectivity index (χ0n) is 15.0. The summed E-state index contributed by atoms with van der Waals surface area (Å²) in [6, 6.07) is 10.1. The van der Waals surface area contributed by atoms with Gasteiger partial charge in [-0.2, -0.15) is 0 Å². The van der Waals surface area contributed by atoms with Crippen molar-refractivity contribution in [2.75, 3.05) is 14.1 Å². The lowest BCUT2D eigenvalue weighted by Gasteiger charge is -2.35. The van der Waals surface area contributed by atoms with Crippen LogP contribution in [0.5, 0.6) is 0 Å². The predicted octanol–water partition coefficient (Wildman–Crippen LogP) is 4.55. The molecule has 1 atom stereocenters. The van der Waals surface area contributed by atoms with Gasteiger partial charge in [0.05, 0.1) is 5.54 Å². The number of carboxylic acids is 1. The third-order valence-corrected chi connectivity index (χ3v) is 4.07. The Kier molecular flexibility index (Phi) is 7.40. The lowest BCUT2D eigenvalue weighted by atomic mass is 9.89. The van der Waals surface area contributed by atoms with Crippen LogP contribution in [-0.4, -0.2) is 35.6 Å². The molecular weight excluding hydrogens is 298 g/mol. The fourth-order valence-corrected chi connectivity index (χ4v) is 2.30. The van der Waals surface area contributed by atoms with E-state index in [1.54, 1.807) is 13.0 Å². The highest BCUT2D eigenvalue weighted by Crippen LogP contribution is 2.26. The maximum atomic E-state index is 11.1. The molecule has 0 heterocycles. The molecule has 1 aromatic rings. The molecule has 0 fully saturated rings. The number of rotatable bonds is 8. The van der Waals surface area contributed by atoms with E-state index < -0.39 is 11.5 Å². The van der Waals surface area contributed by atoms with Crippen LogP contribution < -0.4 is 0 Å². The van der Waals surface area contributed by atoms with Crippen LogP contribution in [0.25, 0.3) is 6.08 Å². The molecule has 0 saturated carbocycles. The van der Waals surface area contributed by atoms with Gasteiger partial charge in [-0.15, -0.1) is 0 Å². The average Bonchev–Trinajstić information content (AvgIpc) is 2.57. The summed E-state index contributed by atoms with van der Waals surface area (Å²) in [5.41, 5.74) is 2.07. The summed E-state index contributed by atoms with van der Waals surface area (Å²) in [7, 11) is 3.98. The van der Waals surface area contributed by atoms with Crippen molar-refractivity contribution in [2.24, 2.45) is 0 Å². The zero-order chi connectivity index (χ0) is 18.2. The van der Waals surface area contributed by atoms with E-state index in [4.69, 9.17) is 5.11 Å². The summed E-state index contributed by atoms with van der Waals surface area (Å²) < 4.78 is 0. The fourth-order valence-electron chi connectivity index (χ4n) is 2.30. The summed E-state index contributed by atoms with van der Waals surface area (Å²) in [4.78, 5) is 13.2. The van der Waals surface area contributed by atoms with Crippen LogP contribution >= 0.6 is 0 Å². The van der Waals surface area contributed by atoms with Gasteiger partial charge >= 0.3 is 5.97 Å².